The SMILES string of the molecule is Cn1cnc(-c2cccc(-c3ccc(B4C(c5ccccc5)=C(c5ccccc5)C(c5ccccc5)=C4c4ccccc4)cc3)c2)n1. The van der Waals surface area contributed by atoms with Crippen LogP contribution >= 0.6 is 0 Å². The average Bonchev–Trinajstić information content (AvgIpc) is 3.75. The van der Waals surface area contributed by atoms with Crippen molar-refractivity contribution in [1.29, 1.82) is 0 Å². The Morgan fingerprint density at radius 3 is 1.34 bits per heavy atom. The molecule has 4 heteroatoms. The van der Waals surface area contributed by atoms with E-state index in [0.717, 1.165) is 22.5 Å². The molecule has 0 bridgehead atoms. The lowest BCUT2D eigenvalue weighted by atomic mass is 9.35. The van der Waals surface area contributed by atoms with Crippen LogP contribution in [0.15, 0.2) is 176 Å². The maximum atomic E-state index is 4.52. The quantitative estimate of drug-likeness (QED) is 0.171. The zero-order valence-electron chi connectivity index (χ0n) is 26.2. The minimum atomic E-state index is 0.0170. The van der Waals surface area contributed by atoms with Gasteiger partial charge in [-0.2, -0.15) is 5.10 Å². The molecule has 2 heterocycles. The van der Waals surface area contributed by atoms with Crippen molar-refractivity contribution in [1.82, 2.24) is 14.8 Å². The molecule has 0 atom stereocenters. The van der Waals surface area contributed by atoms with Gasteiger partial charge in [-0.15, -0.1) is 0 Å². The molecule has 0 N–H and O–H groups in total. The monoisotopic (exact) mass is 601 g/mol. The zero-order valence-corrected chi connectivity index (χ0v) is 26.2. The molecule has 3 nitrogen and oxygen atoms in total. The van der Waals surface area contributed by atoms with Gasteiger partial charge < -0.3 is 0 Å². The Labute approximate surface area is 276 Å². The van der Waals surface area contributed by atoms with Crippen molar-refractivity contribution in [2.45, 2.75) is 0 Å². The standard InChI is InChI=1S/C43H32BN3/c1-47-30-45-43(46-47)37-24-14-23-36(29-37)31-25-27-38(28-26-31)44-41(34-19-10-4-11-20-34)39(32-15-6-2-7-16-32)40(33-17-8-3-9-18-33)42(44)35-21-12-5-13-22-35/h2-30H,1H3. The van der Waals surface area contributed by atoms with Crippen LogP contribution in [0.25, 0.3) is 44.6 Å². The second-order valence-corrected chi connectivity index (χ2v) is 11.9. The summed E-state index contributed by atoms with van der Waals surface area (Å²) in [5.41, 5.74) is 14.7. The van der Waals surface area contributed by atoms with Gasteiger partial charge in [0.25, 0.3) is 0 Å². The fourth-order valence-corrected chi connectivity index (χ4v) is 6.88. The first kappa shape index (κ1) is 28.5. The second kappa shape index (κ2) is 12.4. The van der Waals surface area contributed by atoms with E-state index in [1.54, 1.807) is 11.0 Å². The Morgan fingerprint density at radius 2 is 0.872 bits per heavy atom. The third-order valence-electron chi connectivity index (χ3n) is 8.96. The summed E-state index contributed by atoms with van der Waals surface area (Å²) in [6.45, 7) is 0.0170. The lowest BCUT2D eigenvalue weighted by Gasteiger charge is -2.19. The van der Waals surface area contributed by atoms with Crippen molar-refractivity contribution in [3.05, 3.63) is 198 Å². The number of allylic oxidation sites excluding steroid dienone is 2. The predicted octanol–water partition coefficient (Wildman–Crippen LogP) is 9.16. The van der Waals surface area contributed by atoms with Gasteiger partial charge in [-0.05, 0) is 50.6 Å². The molecule has 0 amide bonds. The van der Waals surface area contributed by atoms with Crippen LogP contribution in [0, 0.1) is 0 Å². The molecule has 222 valence electrons. The van der Waals surface area contributed by atoms with Crippen LogP contribution in [0.2, 0.25) is 0 Å². The molecule has 1 aliphatic heterocycles. The van der Waals surface area contributed by atoms with E-state index in [1.807, 2.05) is 7.05 Å². The number of nitrogens with zero attached hydrogens (tertiary/aromatic N) is 3. The number of rotatable bonds is 7. The van der Waals surface area contributed by atoms with Crippen molar-refractivity contribution < 1.29 is 0 Å². The summed E-state index contributed by atoms with van der Waals surface area (Å²) in [6, 6.07) is 61.2. The Hall–Kier alpha value is -6.00. The topological polar surface area (TPSA) is 30.7 Å². The third-order valence-corrected chi connectivity index (χ3v) is 8.96. The average molecular weight is 602 g/mol. The molecule has 0 saturated carbocycles. The summed E-state index contributed by atoms with van der Waals surface area (Å²) in [7, 11) is 1.89. The van der Waals surface area contributed by atoms with E-state index < -0.39 is 0 Å². The van der Waals surface area contributed by atoms with Gasteiger partial charge in [-0.3, -0.25) is 4.68 Å². The van der Waals surface area contributed by atoms with Crippen LogP contribution in [0.3, 0.4) is 0 Å². The van der Waals surface area contributed by atoms with Crippen LogP contribution in [0.1, 0.15) is 22.3 Å². The summed E-state index contributed by atoms with van der Waals surface area (Å²) < 4.78 is 1.74. The van der Waals surface area contributed by atoms with Gasteiger partial charge in [-0.25, -0.2) is 4.98 Å². The van der Waals surface area contributed by atoms with Crippen LogP contribution in [0.5, 0.6) is 0 Å². The Kier molecular flexibility index (Phi) is 7.52. The smallest absolute Gasteiger partial charge is 0.244 e. The summed E-state index contributed by atoms with van der Waals surface area (Å²) in [5, 5.41) is 4.52. The van der Waals surface area contributed by atoms with Crippen molar-refractivity contribution in [3.8, 4) is 22.5 Å². The molecule has 1 aliphatic rings. The van der Waals surface area contributed by atoms with E-state index in [1.165, 1.54) is 49.8 Å². The fraction of sp³-hybridized carbons (Fsp3) is 0.0233. The number of aromatic nitrogens is 3. The largest absolute Gasteiger partial charge is 0.255 e. The van der Waals surface area contributed by atoms with Crippen LogP contribution in [-0.4, -0.2) is 21.5 Å². The van der Waals surface area contributed by atoms with Gasteiger partial charge in [0.1, 0.15) is 6.33 Å². The molecule has 0 aliphatic carbocycles. The van der Waals surface area contributed by atoms with E-state index in [0.29, 0.717) is 0 Å². The summed E-state index contributed by atoms with van der Waals surface area (Å²) in [5.74, 6) is 0.731. The van der Waals surface area contributed by atoms with Gasteiger partial charge >= 0.3 is 0 Å². The molecule has 0 spiro atoms. The van der Waals surface area contributed by atoms with Crippen LogP contribution < -0.4 is 5.46 Å². The van der Waals surface area contributed by atoms with E-state index in [2.05, 4.69) is 180 Å². The molecule has 6 aromatic carbocycles. The maximum absolute atomic E-state index is 4.52. The van der Waals surface area contributed by atoms with Gasteiger partial charge in [0.2, 0.25) is 6.71 Å². The summed E-state index contributed by atoms with van der Waals surface area (Å²) >= 11 is 0. The van der Waals surface area contributed by atoms with Crippen molar-refractivity contribution in [3.63, 3.8) is 0 Å². The van der Waals surface area contributed by atoms with Gasteiger partial charge in [0.05, 0.1) is 0 Å². The summed E-state index contributed by atoms with van der Waals surface area (Å²) in [4.78, 5) is 4.47. The molecular weight excluding hydrogens is 569 g/mol. The molecule has 7 aromatic rings. The van der Waals surface area contributed by atoms with E-state index in [9.17, 15) is 0 Å². The Balaban J connectivity index is 1.35. The fourth-order valence-electron chi connectivity index (χ4n) is 6.88. The Morgan fingerprint density at radius 1 is 0.426 bits per heavy atom. The summed E-state index contributed by atoms with van der Waals surface area (Å²) in [6.07, 6.45) is 1.74. The second-order valence-electron chi connectivity index (χ2n) is 11.9. The minimum absolute atomic E-state index is 0.0170. The van der Waals surface area contributed by atoms with Crippen molar-refractivity contribution in [2.24, 2.45) is 7.05 Å². The molecule has 0 fully saturated rings. The van der Waals surface area contributed by atoms with Crippen LogP contribution in [-0.2, 0) is 7.05 Å². The lowest BCUT2D eigenvalue weighted by Crippen LogP contribution is -2.32. The first-order valence-corrected chi connectivity index (χ1v) is 16.0. The minimum Gasteiger partial charge on any atom is -0.255 e. The van der Waals surface area contributed by atoms with E-state index in [4.69, 9.17) is 0 Å². The van der Waals surface area contributed by atoms with Crippen molar-refractivity contribution in [2.75, 3.05) is 0 Å². The number of aryl methyl sites for hydroxylation is 1. The molecule has 0 radical (unpaired) electrons. The maximum Gasteiger partial charge on any atom is 0.244 e. The normalized spacial score (nSPS) is 13.0. The molecule has 0 unspecified atom stereocenters. The van der Waals surface area contributed by atoms with Crippen LogP contribution in [0.4, 0.5) is 0 Å². The van der Waals surface area contributed by atoms with Crippen molar-refractivity contribution >= 4 is 34.3 Å². The number of hydrogen-bond acceptors (Lipinski definition) is 2. The van der Waals surface area contributed by atoms with Gasteiger partial charge in [-0.1, -0.05) is 180 Å². The molecule has 8 rings (SSSR count). The Bertz CT molecular complexity index is 2120. The molecular formula is C43H32BN3. The number of benzene rings is 6. The number of hydrogen-bond donors (Lipinski definition) is 0. The first-order valence-electron chi connectivity index (χ1n) is 16.0. The molecule has 47 heavy (non-hydrogen) atoms. The van der Waals surface area contributed by atoms with Gasteiger partial charge in [0, 0.05) is 12.6 Å². The molecule has 0 saturated heterocycles. The zero-order chi connectivity index (χ0) is 31.6. The van der Waals surface area contributed by atoms with E-state index in [-0.39, 0.29) is 6.71 Å². The highest BCUT2D eigenvalue weighted by molar-refractivity contribution is 7.08. The highest BCUT2D eigenvalue weighted by Crippen LogP contribution is 2.50. The first-order chi connectivity index (χ1) is 23.2. The third kappa shape index (κ3) is 5.45. The van der Waals surface area contributed by atoms with Gasteiger partial charge in [0.15, 0.2) is 5.82 Å². The molecule has 1 aromatic heterocycles. The highest BCUT2D eigenvalue weighted by Gasteiger charge is 2.40. The highest BCUT2D eigenvalue weighted by atomic mass is 15.3. The predicted molar refractivity (Wildman–Crippen MR) is 197 cm³/mol. The van der Waals surface area contributed by atoms with E-state index >= 15 is 0 Å². The lowest BCUT2D eigenvalue weighted by molar-refractivity contribution is 0.768.